The molecule has 1 amide bonds. The van der Waals surface area contributed by atoms with Crippen molar-refractivity contribution in [3.05, 3.63) is 99.5 Å². The predicted molar refractivity (Wildman–Crippen MR) is 163 cm³/mol. The van der Waals surface area contributed by atoms with Crippen LogP contribution < -0.4 is 20.9 Å². The largest absolute Gasteiger partial charge is 0.496 e. The minimum Gasteiger partial charge on any atom is -0.496 e. The van der Waals surface area contributed by atoms with Crippen LogP contribution in [0.2, 0.25) is 0 Å². The predicted octanol–water partition coefficient (Wildman–Crippen LogP) is 4.95. The van der Waals surface area contributed by atoms with Gasteiger partial charge in [0.15, 0.2) is 14.0 Å². The maximum atomic E-state index is 12.5. The van der Waals surface area contributed by atoms with Gasteiger partial charge in [0.05, 0.1) is 13.7 Å². The lowest BCUT2D eigenvalue weighted by Gasteiger charge is -2.21. The quantitative estimate of drug-likeness (QED) is 0.187. The molecule has 10 nitrogen and oxygen atoms in total. The minimum atomic E-state index is -1.11. The number of hydrogen-bond donors (Lipinski definition) is 4. The van der Waals surface area contributed by atoms with Crippen molar-refractivity contribution in [1.82, 2.24) is 9.79 Å². The molecule has 0 aliphatic carbocycles. The number of aliphatic carboxylic acids is 1. The molecule has 0 fully saturated rings. The molecule has 1 aromatic heterocycles. The Hall–Kier alpha value is -4.77. The van der Waals surface area contributed by atoms with Gasteiger partial charge >= 0.3 is 12.1 Å². The molecule has 0 saturated heterocycles. The average Bonchev–Trinajstić information content (AvgIpc) is 2.96. The first-order valence-electron chi connectivity index (χ1n) is 13.3. The second-order valence-electron chi connectivity index (χ2n) is 10.2. The number of anilines is 2. The van der Waals surface area contributed by atoms with Crippen molar-refractivity contribution in [3.63, 3.8) is 0 Å². The van der Waals surface area contributed by atoms with Crippen molar-refractivity contribution >= 4 is 42.2 Å². The zero-order valence-corrected chi connectivity index (χ0v) is 23.9. The number of carbonyl (C=O) groups excluding carboxylic acids is 1. The lowest BCUT2D eigenvalue weighted by Crippen LogP contribution is -2.21. The maximum Gasteiger partial charge on any atom is 0.411 e. The van der Waals surface area contributed by atoms with E-state index in [1.165, 1.54) is 7.11 Å². The van der Waals surface area contributed by atoms with E-state index in [-0.39, 0.29) is 18.1 Å². The lowest BCUT2D eigenvalue weighted by atomic mass is 9.96. The van der Waals surface area contributed by atoms with Crippen molar-refractivity contribution in [3.8, 4) is 5.75 Å². The van der Waals surface area contributed by atoms with Gasteiger partial charge in [0, 0.05) is 41.0 Å². The molecule has 42 heavy (non-hydrogen) atoms. The number of carboxylic acids is 1. The number of methoxy groups -OCH3 is 1. The van der Waals surface area contributed by atoms with Gasteiger partial charge in [-0.1, -0.05) is 37.3 Å². The summed E-state index contributed by atoms with van der Waals surface area (Å²) in [6.45, 7) is 4.36. The molecule has 0 aliphatic heterocycles. The average molecular weight is 568 g/mol. The normalized spacial score (nSPS) is 12.5. The number of pyridine rings is 1. The number of carboxylic acid groups (broad SMARTS) is 1. The van der Waals surface area contributed by atoms with Crippen LogP contribution in [0.5, 0.6) is 5.75 Å². The molecule has 0 aliphatic rings. The zero-order chi connectivity index (χ0) is 30.4. The number of ether oxygens (including phenoxy) is 2. The van der Waals surface area contributed by atoms with Gasteiger partial charge in [-0.3, -0.25) is 10.1 Å². The highest BCUT2D eigenvalue weighted by Gasteiger charge is 2.23. The summed E-state index contributed by atoms with van der Waals surface area (Å²) in [5.41, 5.74) is 3.87. The number of nitrogens with zero attached hydrogens (tertiary/aromatic N) is 1. The fraction of sp³-hybridized carbons (Fsp3) is 0.258. The van der Waals surface area contributed by atoms with Crippen molar-refractivity contribution in [2.45, 2.75) is 32.4 Å². The molecule has 2 radical (unpaired) electrons. The Morgan fingerprint density at radius 1 is 1.07 bits per heavy atom. The van der Waals surface area contributed by atoms with Gasteiger partial charge < -0.3 is 29.7 Å². The molecule has 4 aromatic rings. The van der Waals surface area contributed by atoms with Gasteiger partial charge in [-0.15, -0.1) is 0 Å². The second-order valence-corrected chi connectivity index (χ2v) is 10.2. The number of hydrogen-bond acceptors (Lipinski definition) is 7. The molecular formula is C31H33BN4O6. The molecule has 0 bridgehead atoms. The van der Waals surface area contributed by atoms with Crippen molar-refractivity contribution in [2.75, 3.05) is 31.4 Å². The molecule has 2 atom stereocenters. The standard InChI is InChI=1S/C31H33BN4O6/c1-18-15-33-29(37)26-14-23(9-11-24(18)26)34-28(30(38)39)21-8-10-25(27(13-21)41-4)19(2)17-42-31(40)35-22-7-5-6-20(12-22)16-36(3)32/h5-15,19,28,34H,16-17H2,1-4H3,(H,33,37)(H,35,40)(H,38,39)/t19-,28?/m0/s1. The van der Waals surface area contributed by atoms with Crippen LogP contribution >= 0.6 is 0 Å². The van der Waals surface area contributed by atoms with Crippen LogP contribution in [0, 0.1) is 6.92 Å². The van der Waals surface area contributed by atoms with Gasteiger partial charge in [-0.25, -0.2) is 9.59 Å². The molecule has 3 aromatic carbocycles. The van der Waals surface area contributed by atoms with E-state index < -0.39 is 18.1 Å². The number of amides is 1. The number of fused-ring (bicyclic) bond motifs is 1. The molecule has 1 heterocycles. The maximum absolute atomic E-state index is 12.5. The summed E-state index contributed by atoms with van der Waals surface area (Å²) in [7, 11) is 8.96. The highest BCUT2D eigenvalue weighted by Crippen LogP contribution is 2.32. The summed E-state index contributed by atoms with van der Waals surface area (Å²) in [5.74, 6) is -0.886. The number of nitrogens with one attached hydrogen (secondary N) is 3. The molecule has 4 N–H and O–H groups in total. The highest BCUT2D eigenvalue weighted by atomic mass is 16.5. The fourth-order valence-corrected chi connectivity index (χ4v) is 4.74. The Kier molecular flexibility index (Phi) is 9.54. The molecule has 0 spiro atoms. The smallest absolute Gasteiger partial charge is 0.411 e. The number of aryl methyl sites for hydroxylation is 1. The van der Waals surface area contributed by atoms with E-state index in [1.807, 2.05) is 32.0 Å². The van der Waals surface area contributed by atoms with Crippen LogP contribution in [0.4, 0.5) is 16.2 Å². The first-order chi connectivity index (χ1) is 20.0. The van der Waals surface area contributed by atoms with Crippen LogP contribution in [-0.4, -0.2) is 55.7 Å². The first kappa shape index (κ1) is 30.2. The van der Waals surface area contributed by atoms with E-state index in [1.54, 1.807) is 60.5 Å². The second kappa shape index (κ2) is 13.3. The molecule has 4 rings (SSSR count). The van der Waals surface area contributed by atoms with Crippen LogP contribution in [-0.2, 0) is 16.1 Å². The van der Waals surface area contributed by atoms with Gasteiger partial charge in [-0.2, -0.15) is 0 Å². The third kappa shape index (κ3) is 7.30. The van der Waals surface area contributed by atoms with Crippen molar-refractivity contribution in [1.29, 1.82) is 0 Å². The van der Waals surface area contributed by atoms with E-state index in [0.717, 1.165) is 22.1 Å². The Morgan fingerprint density at radius 3 is 2.57 bits per heavy atom. The van der Waals surface area contributed by atoms with Crippen molar-refractivity contribution in [2.24, 2.45) is 0 Å². The zero-order valence-electron chi connectivity index (χ0n) is 23.9. The van der Waals surface area contributed by atoms with E-state index in [9.17, 15) is 19.5 Å². The molecular weight excluding hydrogens is 535 g/mol. The summed E-state index contributed by atoms with van der Waals surface area (Å²) in [4.78, 5) is 41.3. The summed E-state index contributed by atoms with van der Waals surface area (Å²) in [6, 6.07) is 16.5. The molecule has 11 heteroatoms. The lowest BCUT2D eigenvalue weighted by molar-refractivity contribution is -0.138. The number of benzene rings is 3. The Morgan fingerprint density at radius 2 is 1.86 bits per heavy atom. The summed E-state index contributed by atoms with van der Waals surface area (Å²) in [5, 5.41) is 17.0. The van der Waals surface area contributed by atoms with E-state index in [4.69, 9.17) is 17.5 Å². The van der Waals surface area contributed by atoms with E-state index >= 15 is 0 Å². The Balaban J connectivity index is 1.46. The van der Waals surface area contributed by atoms with Gasteiger partial charge in [0.1, 0.15) is 5.75 Å². The van der Waals surface area contributed by atoms with Crippen LogP contribution in [0.1, 0.15) is 41.1 Å². The monoisotopic (exact) mass is 568 g/mol. The van der Waals surface area contributed by atoms with Gasteiger partial charge in [0.25, 0.3) is 5.56 Å². The number of H-pyrrole nitrogens is 1. The topological polar surface area (TPSA) is 133 Å². The third-order valence-corrected chi connectivity index (χ3v) is 6.86. The SMILES string of the molecule is [B]N(C)Cc1cccc(NC(=O)OC[C@H](C)c2ccc(C(Nc3ccc4c(C)c[nH]c(=O)c4c3)C(=O)O)cc2OC)c1. The Labute approximate surface area is 245 Å². The number of rotatable bonds is 11. The summed E-state index contributed by atoms with van der Waals surface area (Å²) < 4.78 is 11.0. The summed E-state index contributed by atoms with van der Waals surface area (Å²) >= 11 is 0. The molecule has 0 saturated carbocycles. The van der Waals surface area contributed by atoms with Gasteiger partial charge in [-0.05, 0) is 66.4 Å². The minimum absolute atomic E-state index is 0.0679. The number of carbonyl (C=O) groups is 2. The van der Waals surface area contributed by atoms with Crippen LogP contribution in [0.3, 0.4) is 0 Å². The van der Waals surface area contributed by atoms with Gasteiger partial charge in [0.2, 0.25) is 0 Å². The van der Waals surface area contributed by atoms with E-state index in [2.05, 4.69) is 15.6 Å². The van der Waals surface area contributed by atoms with E-state index in [0.29, 0.717) is 34.6 Å². The molecule has 1 unspecified atom stereocenters. The third-order valence-electron chi connectivity index (χ3n) is 6.86. The number of aromatic amines is 1. The highest BCUT2D eigenvalue weighted by molar-refractivity contribution is 6.04. The van der Waals surface area contributed by atoms with Crippen molar-refractivity contribution < 1.29 is 24.2 Å². The van der Waals surface area contributed by atoms with Crippen LogP contribution in [0.25, 0.3) is 10.8 Å². The number of aromatic nitrogens is 1. The first-order valence-corrected chi connectivity index (χ1v) is 13.3. The molecule has 216 valence electrons. The Bertz CT molecular complexity index is 1650. The van der Waals surface area contributed by atoms with Crippen LogP contribution in [0.15, 0.2) is 71.7 Å². The summed E-state index contributed by atoms with van der Waals surface area (Å²) in [6.07, 6.45) is 1.04. The fourth-order valence-electron chi connectivity index (χ4n) is 4.74.